The molecule has 0 aromatic heterocycles. The number of benzene rings is 3. The van der Waals surface area contributed by atoms with Crippen molar-refractivity contribution in [3.8, 4) is 28.4 Å². The molecule has 2 N–H and O–H groups in total. The van der Waals surface area contributed by atoms with E-state index in [1.54, 1.807) is 55.6 Å². The van der Waals surface area contributed by atoms with E-state index in [1.807, 2.05) is 6.07 Å². The largest absolute Gasteiger partial charge is 0.497 e. The molecule has 0 amide bonds. The van der Waals surface area contributed by atoms with Crippen LogP contribution < -0.4 is 19.3 Å². The van der Waals surface area contributed by atoms with Gasteiger partial charge in [-0.25, -0.2) is 13.6 Å². The molecule has 4 rings (SSSR count). The minimum absolute atomic E-state index is 0.0358. The Morgan fingerprint density at radius 2 is 1.79 bits per heavy atom. The predicted octanol–water partition coefficient (Wildman–Crippen LogP) is 4.97. The first-order valence-electron chi connectivity index (χ1n) is 10.1. The van der Waals surface area contributed by atoms with Crippen molar-refractivity contribution in [2.45, 2.75) is 31.3 Å². The summed E-state index contributed by atoms with van der Waals surface area (Å²) in [7, 11) is -2.40. The molecule has 6 nitrogen and oxygen atoms in total. The summed E-state index contributed by atoms with van der Waals surface area (Å²) in [6.45, 7) is -0.00196. The van der Waals surface area contributed by atoms with E-state index in [0.717, 1.165) is 5.56 Å². The van der Waals surface area contributed by atoms with E-state index in [-0.39, 0.29) is 5.75 Å². The zero-order valence-corrected chi connectivity index (χ0v) is 19.0. The summed E-state index contributed by atoms with van der Waals surface area (Å²) >= 11 is 0. The molecule has 0 saturated carbocycles. The van der Waals surface area contributed by atoms with Crippen molar-refractivity contribution in [2.75, 3.05) is 7.11 Å². The molecule has 1 atom stereocenters. The van der Waals surface area contributed by atoms with Crippen LogP contribution in [-0.4, -0.2) is 22.1 Å². The third-order valence-electron chi connectivity index (χ3n) is 5.86. The number of hydrogen-bond donors (Lipinski definition) is 1. The number of sulfonamides is 1. The highest BCUT2D eigenvalue weighted by Crippen LogP contribution is 2.50. The van der Waals surface area contributed by atoms with Gasteiger partial charge in [-0.15, -0.1) is 0 Å². The highest BCUT2D eigenvalue weighted by atomic mass is 32.2. The lowest BCUT2D eigenvalue weighted by Gasteiger charge is -2.32. The second-order valence-corrected chi connectivity index (χ2v) is 10.3. The van der Waals surface area contributed by atoms with E-state index in [4.69, 9.17) is 19.3 Å². The maximum Gasteiger partial charge on any atom is 0.387 e. The summed E-state index contributed by atoms with van der Waals surface area (Å²) in [6.07, 6.45) is -0.652. The molecule has 174 valence electrons. The molecule has 0 fully saturated rings. The molecule has 1 heterocycles. The number of fused-ring (bicyclic) bond motifs is 3. The van der Waals surface area contributed by atoms with Crippen LogP contribution in [0.5, 0.6) is 17.2 Å². The molecule has 0 spiro atoms. The van der Waals surface area contributed by atoms with Crippen molar-refractivity contribution in [3.63, 3.8) is 0 Å². The Bertz CT molecular complexity index is 1310. The first kappa shape index (κ1) is 23.0. The molecule has 0 saturated heterocycles. The Balaban J connectivity index is 1.97. The summed E-state index contributed by atoms with van der Waals surface area (Å²) in [5, 5.41) is 5.48. The van der Waals surface area contributed by atoms with Gasteiger partial charge < -0.3 is 14.2 Å². The SMILES string of the molecule is COc1cccc(C2Oc3cccc(OC(F)F)c3-c3ccc(C(C)(C)S(N)(=O)=O)cc32)c1. The third-order valence-corrected chi connectivity index (χ3v) is 7.51. The third kappa shape index (κ3) is 4.14. The van der Waals surface area contributed by atoms with Gasteiger partial charge in [-0.05, 0) is 55.3 Å². The van der Waals surface area contributed by atoms with Crippen LogP contribution in [0.3, 0.4) is 0 Å². The Morgan fingerprint density at radius 1 is 1.06 bits per heavy atom. The molecule has 33 heavy (non-hydrogen) atoms. The minimum Gasteiger partial charge on any atom is -0.497 e. The summed E-state index contributed by atoms with van der Waals surface area (Å²) < 4.78 is 65.6. The monoisotopic (exact) mass is 475 g/mol. The Kier molecular flexibility index (Phi) is 5.79. The normalized spacial score (nSPS) is 15.4. The molecule has 3 aromatic rings. The number of ether oxygens (including phenoxy) is 3. The molecular formula is C24H23F2NO5S. The highest BCUT2D eigenvalue weighted by molar-refractivity contribution is 7.90. The number of hydrogen-bond acceptors (Lipinski definition) is 5. The quantitative estimate of drug-likeness (QED) is 0.544. The summed E-state index contributed by atoms with van der Waals surface area (Å²) in [4.78, 5) is 0. The average Bonchev–Trinajstić information content (AvgIpc) is 2.77. The Morgan fingerprint density at radius 3 is 2.45 bits per heavy atom. The van der Waals surface area contributed by atoms with E-state index >= 15 is 0 Å². The van der Waals surface area contributed by atoms with Gasteiger partial charge in [0.15, 0.2) is 0 Å². The van der Waals surface area contributed by atoms with Crippen LogP contribution in [0.15, 0.2) is 60.7 Å². The smallest absolute Gasteiger partial charge is 0.387 e. The van der Waals surface area contributed by atoms with Gasteiger partial charge in [0.25, 0.3) is 0 Å². The molecular weight excluding hydrogens is 452 g/mol. The Hall–Kier alpha value is -3.17. The van der Waals surface area contributed by atoms with Gasteiger partial charge in [-0.3, -0.25) is 0 Å². The highest BCUT2D eigenvalue weighted by Gasteiger charge is 2.36. The van der Waals surface area contributed by atoms with Gasteiger partial charge in [-0.1, -0.05) is 30.3 Å². The van der Waals surface area contributed by atoms with Gasteiger partial charge in [0.1, 0.15) is 28.1 Å². The van der Waals surface area contributed by atoms with Crippen molar-refractivity contribution < 1.29 is 31.4 Å². The zero-order valence-electron chi connectivity index (χ0n) is 18.2. The number of nitrogens with two attached hydrogens (primary N) is 1. The van der Waals surface area contributed by atoms with Crippen molar-refractivity contribution in [1.82, 2.24) is 0 Å². The zero-order chi connectivity index (χ0) is 24.0. The van der Waals surface area contributed by atoms with Crippen molar-refractivity contribution in [3.05, 3.63) is 77.4 Å². The van der Waals surface area contributed by atoms with Crippen LogP contribution in [0.4, 0.5) is 8.78 Å². The number of methoxy groups -OCH3 is 1. The summed E-state index contributed by atoms with van der Waals surface area (Å²) in [6, 6.07) is 16.9. The van der Waals surface area contributed by atoms with Crippen molar-refractivity contribution in [2.24, 2.45) is 5.14 Å². The van der Waals surface area contributed by atoms with Crippen LogP contribution in [-0.2, 0) is 14.8 Å². The van der Waals surface area contributed by atoms with Crippen LogP contribution in [0.2, 0.25) is 0 Å². The maximum atomic E-state index is 13.1. The van der Waals surface area contributed by atoms with E-state index in [1.165, 1.54) is 19.9 Å². The predicted molar refractivity (Wildman–Crippen MR) is 120 cm³/mol. The van der Waals surface area contributed by atoms with Crippen LogP contribution in [0.1, 0.15) is 36.6 Å². The second kappa shape index (κ2) is 8.31. The first-order valence-corrected chi connectivity index (χ1v) is 11.6. The lowest BCUT2D eigenvalue weighted by atomic mass is 9.86. The fraction of sp³-hybridized carbons (Fsp3) is 0.250. The summed E-state index contributed by atoms with van der Waals surface area (Å²) in [5.41, 5.74) is 2.74. The van der Waals surface area contributed by atoms with Crippen molar-refractivity contribution in [1.29, 1.82) is 0 Å². The molecule has 1 unspecified atom stereocenters. The molecule has 9 heteroatoms. The van der Waals surface area contributed by atoms with Crippen molar-refractivity contribution >= 4 is 10.0 Å². The van der Waals surface area contributed by atoms with Crippen LogP contribution in [0.25, 0.3) is 11.1 Å². The van der Waals surface area contributed by atoms with Crippen LogP contribution in [0, 0.1) is 0 Å². The molecule has 0 bridgehead atoms. The molecule has 1 aliphatic rings. The molecule has 1 aliphatic heterocycles. The fourth-order valence-electron chi connectivity index (χ4n) is 3.86. The Labute approximate surface area is 191 Å². The number of halogens is 2. The molecule has 3 aromatic carbocycles. The number of primary sulfonamides is 1. The van der Waals surface area contributed by atoms with E-state index in [0.29, 0.717) is 33.8 Å². The molecule has 0 aliphatic carbocycles. The average molecular weight is 476 g/mol. The van der Waals surface area contributed by atoms with Gasteiger partial charge in [0, 0.05) is 11.1 Å². The van der Waals surface area contributed by atoms with Gasteiger partial charge >= 0.3 is 6.61 Å². The number of alkyl halides is 2. The van der Waals surface area contributed by atoms with Gasteiger partial charge in [0.2, 0.25) is 10.0 Å². The standard InChI is InChI=1S/C24H23F2NO5S/c1-24(2,33(27,28)29)15-10-11-17-18(13-15)22(14-6-4-7-16(12-14)30-3)31-19-8-5-9-20(21(17)19)32-23(25)26/h4-13,22-23H,1-3H3,(H2,27,28,29). The topological polar surface area (TPSA) is 87.8 Å². The van der Waals surface area contributed by atoms with Crippen LogP contribution >= 0.6 is 0 Å². The number of rotatable bonds is 6. The van der Waals surface area contributed by atoms with E-state index < -0.39 is 27.5 Å². The lowest BCUT2D eigenvalue weighted by Crippen LogP contribution is -2.35. The van der Waals surface area contributed by atoms with Gasteiger partial charge in [0.05, 0.1) is 12.7 Å². The summed E-state index contributed by atoms with van der Waals surface area (Å²) in [5.74, 6) is 0.942. The molecule has 0 radical (unpaired) electrons. The first-order chi connectivity index (χ1) is 15.5. The maximum absolute atomic E-state index is 13.1. The second-order valence-electron chi connectivity index (χ2n) is 8.14. The van der Waals surface area contributed by atoms with E-state index in [2.05, 4.69) is 0 Å². The van der Waals surface area contributed by atoms with Gasteiger partial charge in [-0.2, -0.15) is 8.78 Å². The lowest BCUT2D eigenvalue weighted by molar-refractivity contribution is -0.0496. The fourth-order valence-corrected chi connectivity index (χ4v) is 4.31. The van der Waals surface area contributed by atoms with E-state index in [9.17, 15) is 17.2 Å². The minimum atomic E-state index is -3.94.